The summed E-state index contributed by atoms with van der Waals surface area (Å²) in [6, 6.07) is 16.0. The zero-order valence-electron chi connectivity index (χ0n) is 14.5. The van der Waals surface area contributed by atoms with Crippen LogP contribution in [0.5, 0.6) is 0 Å². The molecule has 3 rings (SSSR count). The second-order valence-electron chi connectivity index (χ2n) is 5.97. The van der Waals surface area contributed by atoms with Gasteiger partial charge in [0.25, 0.3) is 11.5 Å². The number of nitrogens with zero attached hydrogens (tertiary/aromatic N) is 1. The Morgan fingerprint density at radius 1 is 1.19 bits per heavy atom. The molecular weight excluding hydrogens is 348 g/mol. The molecule has 0 bridgehead atoms. The van der Waals surface area contributed by atoms with Crippen LogP contribution in [0.2, 0.25) is 0 Å². The van der Waals surface area contributed by atoms with Crippen molar-refractivity contribution in [2.24, 2.45) is 0 Å². The van der Waals surface area contributed by atoms with E-state index in [9.17, 15) is 14.8 Å². The molecule has 27 heavy (non-hydrogen) atoms. The number of hydrogen-bond acceptors (Lipinski definition) is 5. The van der Waals surface area contributed by atoms with E-state index in [1.54, 1.807) is 31.2 Å². The van der Waals surface area contributed by atoms with Crippen LogP contribution in [0.4, 0.5) is 5.69 Å². The fourth-order valence-corrected chi connectivity index (χ4v) is 2.57. The van der Waals surface area contributed by atoms with Gasteiger partial charge in [-0.15, -0.1) is 0 Å². The van der Waals surface area contributed by atoms with E-state index >= 15 is 0 Å². The molecule has 8 heteroatoms. The van der Waals surface area contributed by atoms with Crippen LogP contribution < -0.4 is 16.1 Å². The number of carbonyl (C=O) groups is 1. The molecule has 4 N–H and O–H groups in total. The summed E-state index contributed by atoms with van der Waals surface area (Å²) >= 11 is 0. The van der Waals surface area contributed by atoms with Crippen molar-refractivity contribution >= 4 is 11.6 Å². The van der Waals surface area contributed by atoms with Gasteiger partial charge < -0.3 is 15.5 Å². The first-order valence-electron chi connectivity index (χ1n) is 8.25. The van der Waals surface area contributed by atoms with E-state index in [4.69, 9.17) is 5.21 Å². The summed E-state index contributed by atoms with van der Waals surface area (Å²) in [6.45, 7) is 1.76. The van der Waals surface area contributed by atoms with Gasteiger partial charge in [0.2, 0.25) is 0 Å². The van der Waals surface area contributed by atoms with Crippen LogP contribution in [0, 0.1) is 5.21 Å². The Morgan fingerprint density at radius 2 is 1.85 bits per heavy atom. The predicted molar refractivity (Wildman–Crippen MR) is 98.4 cm³/mol. The maximum Gasteiger partial charge on any atom is 0.270 e. The molecule has 1 heterocycles. The third-order valence-electron chi connectivity index (χ3n) is 4.03. The Hall–Kier alpha value is -3.33. The molecule has 2 unspecified atom stereocenters. The van der Waals surface area contributed by atoms with E-state index in [0.29, 0.717) is 11.4 Å². The van der Waals surface area contributed by atoms with Gasteiger partial charge in [0.15, 0.2) is 5.69 Å². The molecule has 3 aromatic rings. The summed E-state index contributed by atoms with van der Waals surface area (Å²) in [4.78, 5) is 31.3. The first kappa shape index (κ1) is 18.5. The van der Waals surface area contributed by atoms with Crippen molar-refractivity contribution in [1.82, 2.24) is 15.3 Å². The van der Waals surface area contributed by atoms with Gasteiger partial charge in [-0.05, 0) is 12.5 Å². The van der Waals surface area contributed by atoms with Crippen LogP contribution in [-0.4, -0.2) is 21.1 Å². The maximum absolute atomic E-state index is 12.5. The van der Waals surface area contributed by atoms with E-state index in [1.807, 2.05) is 18.2 Å². The molecule has 0 saturated carbocycles. The molecule has 0 fully saturated rings. The van der Waals surface area contributed by atoms with Gasteiger partial charge in [0.1, 0.15) is 11.5 Å². The van der Waals surface area contributed by atoms with Gasteiger partial charge >= 0.3 is 0 Å². The maximum atomic E-state index is 12.5. The van der Waals surface area contributed by atoms with Gasteiger partial charge in [-0.2, -0.15) is 5.23 Å². The molecular formula is C19H18N4O4. The summed E-state index contributed by atoms with van der Waals surface area (Å²) in [5, 5.41) is 21.6. The molecule has 0 aliphatic carbocycles. The summed E-state index contributed by atoms with van der Waals surface area (Å²) in [5.41, 5.74) is 1.18. The number of carbonyl (C=O) groups excluding carboxylic acids is 1. The number of rotatable bonds is 5. The summed E-state index contributed by atoms with van der Waals surface area (Å²) in [6.07, 6.45) is 0. The Morgan fingerprint density at radius 3 is 2.48 bits per heavy atom. The fraction of sp³-hybridized carbons (Fsp3) is 0.105. The van der Waals surface area contributed by atoms with Gasteiger partial charge in [-0.25, -0.2) is 10.2 Å². The number of H-pyrrole nitrogens is 1. The van der Waals surface area contributed by atoms with Crippen molar-refractivity contribution in [3.05, 3.63) is 87.5 Å². The van der Waals surface area contributed by atoms with Gasteiger partial charge in [-0.3, -0.25) is 9.59 Å². The smallest absolute Gasteiger partial charge is 0.270 e. The number of hydrogen-bond donors (Lipinski definition) is 4. The molecule has 0 aliphatic heterocycles. The van der Waals surface area contributed by atoms with E-state index in [-0.39, 0.29) is 17.4 Å². The van der Waals surface area contributed by atoms with Crippen LogP contribution in [0.1, 0.15) is 29.0 Å². The van der Waals surface area contributed by atoms with E-state index in [1.165, 1.54) is 12.1 Å². The highest BCUT2D eigenvalue weighted by Gasteiger charge is 2.15. The number of nitrogens with one attached hydrogen (secondary N) is 3. The molecule has 1 aromatic heterocycles. The Bertz CT molecular complexity index is 985. The van der Waals surface area contributed by atoms with E-state index in [2.05, 4.69) is 15.3 Å². The summed E-state index contributed by atoms with van der Waals surface area (Å²) in [7, 11) is 0. The predicted octanol–water partition coefficient (Wildman–Crippen LogP) is 1.33. The molecule has 2 aromatic carbocycles. The van der Waals surface area contributed by atoms with Gasteiger partial charge in [0, 0.05) is 23.8 Å². The number of quaternary nitrogens is 1. The third-order valence-corrected chi connectivity index (χ3v) is 4.03. The lowest BCUT2D eigenvalue weighted by molar-refractivity contribution is -0.991. The zero-order valence-corrected chi connectivity index (χ0v) is 14.5. The minimum atomic E-state index is -1.01. The van der Waals surface area contributed by atoms with Crippen LogP contribution >= 0.6 is 0 Å². The molecule has 1 amide bonds. The van der Waals surface area contributed by atoms with Crippen molar-refractivity contribution in [1.29, 1.82) is 0 Å². The quantitative estimate of drug-likeness (QED) is 0.508. The zero-order chi connectivity index (χ0) is 19.4. The molecule has 0 spiro atoms. The Labute approximate surface area is 154 Å². The fourth-order valence-electron chi connectivity index (χ4n) is 2.57. The lowest BCUT2D eigenvalue weighted by Gasteiger charge is -2.16. The molecule has 0 aliphatic rings. The van der Waals surface area contributed by atoms with Crippen molar-refractivity contribution < 1.29 is 15.2 Å². The lowest BCUT2D eigenvalue weighted by atomic mass is 10.1. The highest BCUT2D eigenvalue weighted by molar-refractivity contribution is 5.92. The highest BCUT2D eigenvalue weighted by atomic mass is 16.8. The van der Waals surface area contributed by atoms with Crippen LogP contribution in [-0.2, 0) is 0 Å². The highest BCUT2D eigenvalue weighted by Crippen LogP contribution is 2.16. The molecule has 138 valence electrons. The molecule has 0 saturated heterocycles. The SMILES string of the molecule is CC(NC(=O)c1cc(=O)[nH]c(-c2ccccc2)n1)c1ccc([NH+]([O-])O)cc1. The van der Waals surface area contributed by atoms with E-state index in [0.717, 1.165) is 11.6 Å². The largest absolute Gasteiger partial charge is 0.595 e. The Balaban J connectivity index is 1.79. The number of aromatic amines is 1. The Kier molecular flexibility index (Phi) is 5.41. The topological polar surface area (TPSA) is 123 Å². The standard InChI is InChI=1S/C19H18N4O4/c1-12(13-7-9-15(10-8-13)23(26)27)20-19(25)16-11-17(24)22-18(21-16)14-5-3-2-4-6-14/h2-12,23,26H,1H3,(H,20,25)(H,21,22,24). The molecule has 0 radical (unpaired) electrons. The first-order chi connectivity index (χ1) is 12.9. The number of aromatic nitrogens is 2. The monoisotopic (exact) mass is 366 g/mol. The van der Waals surface area contributed by atoms with E-state index < -0.39 is 16.7 Å². The minimum Gasteiger partial charge on any atom is -0.595 e. The lowest BCUT2D eigenvalue weighted by Crippen LogP contribution is -2.99. The van der Waals surface area contributed by atoms with Crippen molar-refractivity contribution in [2.75, 3.05) is 0 Å². The average Bonchev–Trinajstić information content (AvgIpc) is 2.68. The van der Waals surface area contributed by atoms with Crippen molar-refractivity contribution in [3.8, 4) is 11.4 Å². The minimum absolute atomic E-state index is 0.00612. The third kappa shape index (κ3) is 4.45. The summed E-state index contributed by atoms with van der Waals surface area (Å²) in [5.74, 6) is -0.181. The number of amides is 1. The van der Waals surface area contributed by atoms with Crippen molar-refractivity contribution in [2.45, 2.75) is 13.0 Å². The van der Waals surface area contributed by atoms with Gasteiger partial charge in [0.05, 0.1) is 6.04 Å². The normalized spacial score (nSPS) is 13.0. The molecule has 2 atom stereocenters. The molecule has 8 nitrogen and oxygen atoms in total. The van der Waals surface area contributed by atoms with Crippen LogP contribution in [0.3, 0.4) is 0 Å². The van der Waals surface area contributed by atoms with Crippen LogP contribution in [0.25, 0.3) is 11.4 Å². The second-order valence-corrected chi connectivity index (χ2v) is 5.97. The first-order valence-corrected chi connectivity index (χ1v) is 8.25. The van der Waals surface area contributed by atoms with Gasteiger partial charge in [-0.1, -0.05) is 42.5 Å². The van der Waals surface area contributed by atoms with Crippen molar-refractivity contribution in [3.63, 3.8) is 0 Å². The number of benzene rings is 2. The second kappa shape index (κ2) is 7.92. The summed E-state index contributed by atoms with van der Waals surface area (Å²) < 4.78 is 0. The van der Waals surface area contributed by atoms with Crippen LogP contribution in [0.15, 0.2) is 65.5 Å². The average molecular weight is 366 g/mol.